The molecule has 1 aromatic carbocycles. The average molecular weight is 368 g/mol. The highest BCUT2D eigenvalue weighted by Gasteiger charge is 2.47. The maximum Gasteiger partial charge on any atom is 0.327 e. The van der Waals surface area contributed by atoms with E-state index in [2.05, 4.69) is 10.3 Å². The van der Waals surface area contributed by atoms with Crippen molar-refractivity contribution in [2.75, 3.05) is 6.54 Å². The van der Waals surface area contributed by atoms with Crippen LogP contribution >= 0.6 is 0 Å². The lowest BCUT2D eigenvalue weighted by Gasteiger charge is -2.14. The van der Waals surface area contributed by atoms with Gasteiger partial charge in [-0.1, -0.05) is 29.5 Å². The van der Waals surface area contributed by atoms with E-state index in [0.29, 0.717) is 23.7 Å². The number of carbonyl (C=O) groups excluding carboxylic acids is 3. The molecule has 0 bridgehead atoms. The van der Waals surface area contributed by atoms with Gasteiger partial charge < -0.3 is 4.74 Å². The van der Waals surface area contributed by atoms with E-state index in [9.17, 15) is 19.2 Å². The van der Waals surface area contributed by atoms with E-state index in [4.69, 9.17) is 4.74 Å². The molecule has 2 aromatic rings. The molecule has 1 aromatic heterocycles. The van der Waals surface area contributed by atoms with Crippen molar-refractivity contribution in [3.05, 3.63) is 46.8 Å². The summed E-state index contributed by atoms with van der Waals surface area (Å²) in [5, 5.41) is 7.96. The van der Waals surface area contributed by atoms with Gasteiger partial charge in [-0.25, -0.2) is 0 Å². The van der Waals surface area contributed by atoms with Gasteiger partial charge in [-0.05, 0) is 25.0 Å². The molecule has 2 heterocycles. The molecular formula is C18H16N4O5. The van der Waals surface area contributed by atoms with Crippen LogP contribution in [0.2, 0.25) is 0 Å². The zero-order valence-corrected chi connectivity index (χ0v) is 14.3. The molecule has 4 rings (SSSR count). The molecule has 0 radical (unpaired) electrons. The lowest BCUT2D eigenvalue weighted by Crippen LogP contribution is -2.37. The van der Waals surface area contributed by atoms with Crippen LogP contribution in [0.5, 0.6) is 0 Å². The summed E-state index contributed by atoms with van der Waals surface area (Å²) in [6, 6.07) is 6.68. The van der Waals surface area contributed by atoms with Gasteiger partial charge in [0.1, 0.15) is 12.1 Å². The Morgan fingerprint density at radius 3 is 2.44 bits per heavy atom. The lowest BCUT2D eigenvalue weighted by atomic mass is 9.85. The van der Waals surface area contributed by atoms with E-state index in [1.54, 1.807) is 24.3 Å². The van der Waals surface area contributed by atoms with Crippen LogP contribution in [0.25, 0.3) is 10.9 Å². The monoisotopic (exact) mass is 368 g/mol. The highest BCUT2D eigenvalue weighted by atomic mass is 16.5. The maximum absolute atomic E-state index is 12.3. The third-order valence-electron chi connectivity index (χ3n) is 4.86. The third-order valence-corrected chi connectivity index (χ3v) is 4.86. The molecule has 138 valence electrons. The van der Waals surface area contributed by atoms with Crippen LogP contribution in [0.4, 0.5) is 0 Å². The Labute approximate surface area is 153 Å². The number of ether oxygens (including phenoxy) is 1. The van der Waals surface area contributed by atoms with Crippen LogP contribution < -0.4 is 5.56 Å². The zero-order valence-electron chi connectivity index (χ0n) is 14.3. The highest BCUT2D eigenvalue weighted by molar-refractivity contribution is 6.07. The number of hydrogen-bond acceptors (Lipinski definition) is 7. The smallest absolute Gasteiger partial charge is 0.327 e. The molecule has 1 aliphatic carbocycles. The van der Waals surface area contributed by atoms with E-state index >= 15 is 0 Å². The predicted octanol–water partition coefficient (Wildman–Crippen LogP) is 0.243. The quantitative estimate of drug-likeness (QED) is 0.432. The number of nitrogens with zero attached hydrogens (tertiary/aromatic N) is 4. The van der Waals surface area contributed by atoms with Crippen molar-refractivity contribution in [2.24, 2.45) is 11.8 Å². The minimum Gasteiger partial charge on any atom is -0.441 e. The van der Waals surface area contributed by atoms with Crippen LogP contribution in [0, 0.1) is 11.8 Å². The number of aromatic nitrogens is 3. The molecule has 0 unspecified atom stereocenters. The van der Waals surface area contributed by atoms with Gasteiger partial charge in [0.15, 0.2) is 6.73 Å². The Hall–Kier alpha value is -3.36. The van der Waals surface area contributed by atoms with Crippen LogP contribution in [-0.4, -0.2) is 44.2 Å². The number of benzene rings is 1. The molecular weight excluding hydrogens is 352 g/mol. The Balaban J connectivity index is 1.42. The molecule has 9 heteroatoms. The number of fused-ring (bicyclic) bond motifs is 2. The summed E-state index contributed by atoms with van der Waals surface area (Å²) < 4.78 is 5.94. The molecule has 0 spiro atoms. The van der Waals surface area contributed by atoms with Crippen LogP contribution in [0.1, 0.15) is 12.8 Å². The molecule has 2 amide bonds. The number of allylic oxidation sites excluding steroid dienone is 2. The molecule has 1 aliphatic heterocycles. The number of esters is 1. The molecule has 1 fully saturated rings. The summed E-state index contributed by atoms with van der Waals surface area (Å²) in [4.78, 5) is 50.0. The van der Waals surface area contributed by atoms with Crippen LogP contribution in [-0.2, 0) is 25.9 Å². The minimum absolute atomic E-state index is 0.352. The third kappa shape index (κ3) is 3.01. The van der Waals surface area contributed by atoms with Crippen molar-refractivity contribution in [1.82, 2.24) is 19.9 Å². The first-order chi connectivity index (χ1) is 13.1. The lowest BCUT2D eigenvalue weighted by molar-refractivity contribution is -0.156. The van der Waals surface area contributed by atoms with Gasteiger partial charge in [-0.3, -0.25) is 24.1 Å². The second kappa shape index (κ2) is 6.75. The zero-order chi connectivity index (χ0) is 19.0. The minimum atomic E-state index is -0.787. The Bertz CT molecular complexity index is 1000. The van der Waals surface area contributed by atoms with Gasteiger partial charge in [0, 0.05) is 0 Å². The highest BCUT2D eigenvalue weighted by Crippen LogP contribution is 2.34. The summed E-state index contributed by atoms with van der Waals surface area (Å²) in [5.74, 6) is -2.29. The Kier molecular flexibility index (Phi) is 4.27. The van der Waals surface area contributed by atoms with Crippen molar-refractivity contribution in [2.45, 2.75) is 19.6 Å². The number of carbonyl (C=O) groups is 3. The summed E-state index contributed by atoms with van der Waals surface area (Å²) in [7, 11) is 0. The van der Waals surface area contributed by atoms with Gasteiger partial charge in [0.05, 0.1) is 17.2 Å². The van der Waals surface area contributed by atoms with Crippen molar-refractivity contribution >= 4 is 28.7 Å². The molecule has 2 atom stereocenters. The number of amides is 2. The SMILES string of the molecule is O=C(CN1C(=O)[C@H]2CC=CC[C@@H]2C1=O)OCn1nnc2ccccc2c1=O. The second-order valence-corrected chi connectivity index (χ2v) is 6.48. The van der Waals surface area contributed by atoms with Crippen molar-refractivity contribution < 1.29 is 19.1 Å². The predicted molar refractivity (Wildman–Crippen MR) is 92.0 cm³/mol. The van der Waals surface area contributed by atoms with Gasteiger partial charge >= 0.3 is 5.97 Å². The van der Waals surface area contributed by atoms with Crippen molar-refractivity contribution in [3.8, 4) is 0 Å². The van der Waals surface area contributed by atoms with E-state index in [1.807, 2.05) is 12.2 Å². The largest absolute Gasteiger partial charge is 0.441 e. The molecule has 9 nitrogen and oxygen atoms in total. The number of likely N-dealkylation sites (tertiary alicyclic amines) is 1. The van der Waals surface area contributed by atoms with Crippen molar-refractivity contribution in [3.63, 3.8) is 0 Å². The normalized spacial score (nSPS) is 21.6. The van der Waals surface area contributed by atoms with E-state index in [0.717, 1.165) is 9.58 Å². The second-order valence-electron chi connectivity index (χ2n) is 6.48. The van der Waals surface area contributed by atoms with E-state index < -0.39 is 36.6 Å². The summed E-state index contributed by atoms with van der Waals surface area (Å²) in [5.41, 5.74) is -0.00614. The number of hydrogen-bond donors (Lipinski definition) is 0. The topological polar surface area (TPSA) is 111 Å². The maximum atomic E-state index is 12.3. The first-order valence-corrected chi connectivity index (χ1v) is 8.54. The van der Waals surface area contributed by atoms with Gasteiger partial charge in [-0.2, -0.15) is 4.68 Å². The fourth-order valence-electron chi connectivity index (χ4n) is 3.44. The molecule has 27 heavy (non-hydrogen) atoms. The van der Waals surface area contributed by atoms with Gasteiger partial charge in [0.2, 0.25) is 11.8 Å². The number of rotatable bonds is 4. The average Bonchev–Trinajstić information content (AvgIpc) is 2.93. The van der Waals surface area contributed by atoms with Gasteiger partial charge in [-0.15, -0.1) is 5.10 Å². The van der Waals surface area contributed by atoms with E-state index in [1.165, 1.54) is 0 Å². The molecule has 1 saturated heterocycles. The van der Waals surface area contributed by atoms with Gasteiger partial charge in [0.25, 0.3) is 5.56 Å². The fraction of sp³-hybridized carbons (Fsp3) is 0.333. The molecule has 2 aliphatic rings. The fourth-order valence-corrected chi connectivity index (χ4v) is 3.44. The first kappa shape index (κ1) is 17.1. The van der Waals surface area contributed by atoms with Crippen molar-refractivity contribution in [1.29, 1.82) is 0 Å². The molecule has 0 saturated carbocycles. The molecule has 0 N–H and O–H groups in total. The van der Waals surface area contributed by atoms with Crippen LogP contribution in [0.3, 0.4) is 0 Å². The summed E-state index contributed by atoms with van der Waals surface area (Å²) in [6.07, 6.45) is 4.75. The summed E-state index contributed by atoms with van der Waals surface area (Å²) >= 11 is 0. The Morgan fingerprint density at radius 2 is 1.74 bits per heavy atom. The van der Waals surface area contributed by atoms with E-state index in [-0.39, 0.29) is 11.8 Å². The number of imide groups is 1. The summed E-state index contributed by atoms with van der Waals surface area (Å²) in [6.45, 7) is -0.916. The first-order valence-electron chi connectivity index (χ1n) is 8.54. The van der Waals surface area contributed by atoms with Crippen LogP contribution in [0.15, 0.2) is 41.2 Å². The Morgan fingerprint density at radius 1 is 1.07 bits per heavy atom. The standard InChI is InChI=1S/C18H16N4O5/c23-15(9-21-16(24)11-5-1-2-6-12(11)17(21)25)27-10-22-18(26)13-7-3-4-8-14(13)19-20-22/h1-4,7-8,11-12H,5-6,9-10H2/t11-,12-/m0/s1.